The predicted molar refractivity (Wildman–Crippen MR) is 47.0 cm³/mol. The minimum atomic E-state index is 0.205. The molecule has 0 spiro atoms. The molecule has 0 bridgehead atoms. The molecule has 0 saturated carbocycles. The van der Waals surface area contributed by atoms with Crippen molar-refractivity contribution in [2.45, 2.75) is 25.4 Å². The van der Waals surface area contributed by atoms with Crippen LogP contribution < -0.4 is 5.73 Å². The SMILES string of the molecule is Cc1noc([C@@H]2C[C@H](N)CN2C)n1. The summed E-state index contributed by atoms with van der Waals surface area (Å²) in [5.41, 5.74) is 5.83. The van der Waals surface area contributed by atoms with Crippen LogP contribution in [0.3, 0.4) is 0 Å². The van der Waals surface area contributed by atoms with Crippen LogP contribution in [0.15, 0.2) is 4.52 Å². The number of hydrogen-bond acceptors (Lipinski definition) is 5. The van der Waals surface area contributed by atoms with Gasteiger partial charge in [0, 0.05) is 12.6 Å². The van der Waals surface area contributed by atoms with E-state index in [9.17, 15) is 0 Å². The van der Waals surface area contributed by atoms with Crippen LogP contribution >= 0.6 is 0 Å². The first-order chi connectivity index (χ1) is 6.16. The van der Waals surface area contributed by atoms with Crippen LogP contribution in [0.5, 0.6) is 0 Å². The van der Waals surface area contributed by atoms with Gasteiger partial charge in [-0.1, -0.05) is 5.16 Å². The van der Waals surface area contributed by atoms with Crippen LogP contribution in [-0.2, 0) is 0 Å². The minimum Gasteiger partial charge on any atom is -0.338 e. The van der Waals surface area contributed by atoms with Gasteiger partial charge in [0.15, 0.2) is 5.82 Å². The molecule has 13 heavy (non-hydrogen) atoms. The maximum Gasteiger partial charge on any atom is 0.244 e. The molecular formula is C8H14N4O. The minimum absolute atomic E-state index is 0.205. The third-order valence-corrected chi connectivity index (χ3v) is 2.41. The molecule has 0 aromatic carbocycles. The van der Waals surface area contributed by atoms with Crippen molar-refractivity contribution in [3.63, 3.8) is 0 Å². The monoisotopic (exact) mass is 182 g/mol. The Morgan fingerprint density at radius 1 is 1.62 bits per heavy atom. The van der Waals surface area contributed by atoms with Crippen molar-refractivity contribution in [2.75, 3.05) is 13.6 Å². The van der Waals surface area contributed by atoms with E-state index < -0.39 is 0 Å². The summed E-state index contributed by atoms with van der Waals surface area (Å²) in [4.78, 5) is 6.35. The van der Waals surface area contributed by atoms with E-state index in [0.29, 0.717) is 11.7 Å². The van der Waals surface area contributed by atoms with Crippen LogP contribution in [0.2, 0.25) is 0 Å². The molecule has 2 heterocycles. The van der Waals surface area contributed by atoms with Crippen molar-refractivity contribution >= 4 is 0 Å². The summed E-state index contributed by atoms with van der Waals surface area (Å²) in [6.07, 6.45) is 0.901. The highest BCUT2D eigenvalue weighted by atomic mass is 16.5. The fourth-order valence-corrected chi connectivity index (χ4v) is 1.78. The number of likely N-dealkylation sites (tertiary alicyclic amines) is 1. The second kappa shape index (κ2) is 3.08. The summed E-state index contributed by atoms with van der Waals surface area (Å²) in [6.45, 7) is 2.72. The Balaban J connectivity index is 2.17. The number of aromatic nitrogens is 2. The van der Waals surface area contributed by atoms with Crippen molar-refractivity contribution in [3.05, 3.63) is 11.7 Å². The van der Waals surface area contributed by atoms with Gasteiger partial charge in [-0.25, -0.2) is 0 Å². The highest BCUT2D eigenvalue weighted by Gasteiger charge is 2.32. The Hall–Kier alpha value is -0.940. The zero-order chi connectivity index (χ0) is 9.42. The molecule has 0 radical (unpaired) electrons. The third kappa shape index (κ3) is 1.57. The number of hydrogen-bond donors (Lipinski definition) is 1. The molecule has 1 aliphatic rings. The molecule has 1 aromatic rings. The topological polar surface area (TPSA) is 68.2 Å². The second-order valence-corrected chi connectivity index (χ2v) is 3.63. The van der Waals surface area contributed by atoms with Gasteiger partial charge in [0.1, 0.15) is 0 Å². The molecule has 2 atom stereocenters. The van der Waals surface area contributed by atoms with Crippen LogP contribution in [0.1, 0.15) is 24.2 Å². The third-order valence-electron chi connectivity index (χ3n) is 2.41. The lowest BCUT2D eigenvalue weighted by Gasteiger charge is -2.13. The number of likely N-dealkylation sites (N-methyl/N-ethyl adjacent to an activating group) is 1. The summed E-state index contributed by atoms with van der Waals surface area (Å²) >= 11 is 0. The molecule has 1 aromatic heterocycles. The van der Waals surface area contributed by atoms with Gasteiger partial charge in [0.2, 0.25) is 5.89 Å². The van der Waals surface area contributed by atoms with Crippen molar-refractivity contribution < 1.29 is 4.52 Å². The van der Waals surface area contributed by atoms with Gasteiger partial charge in [-0.3, -0.25) is 4.90 Å². The van der Waals surface area contributed by atoms with Crippen molar-refractivity contribution in [1.82, 2.24) is 15.0 Å². The highest BCUT2D eigenvalue weighted by Crippen LogP contribution is 2.28. The fourth-order valence-electron chi connectivity index (χ4n) is 1.78. The molecule has 72 valence electrons. The van der Waals surface area contributed by atoms with Crippen LogP contribution in [0.25, 0.3) is 0 Å². The molecule has 5 nitrogen and oxygen atoms in total. The average molecular weight is 182 g/mol. The standard InChI is InChI=1S/C8H14N4O/c1-5-10-8(13-11-5)7-3-6(9)4-12(7)2/h6-7H,3-4,9H2,1-2H3/t6-,7-/m0/s1. The highest BCUT2D eigenvalue weighted by molar-refractivity contribution is 4.98. The maximum absolute atomic E-state index is 5.83. The van der Waals surface area contributed by atoms with E-state index in [2.05, 4.69) is 15.0 Å². The smallest absolute Gasteiger partial charge is 0.244 e. The van der Waals surface area contributed by atoms with Crippen LogP contribution in [-0.4, -0.2) is 34.7 Å². The molecule has 1 aliphatic heterocycles. The normalized spacial score (nSPS) is 29.8. The van der Waals surface area contributed by atoms with Gasteiger partial charge in [0.25, 0.3) is 0 Å². The largest absolute Gasteiger partial charge is 0.338 e. The van der Waals surface area contributed by atoms with E-state index in [1.54, 1.807) is 0 Å². The number of aryl methyl sites for hydroxylation is 1. The summed E-state index contributed by atoms with van der Waals surface area (Å²) in [5.74, 6) is 1.37. The van der Waals surface area contributed by atoms with Crippen molar-refractivity contribution in [2.24, 2.45) is 5.73 Å². The van der Waals surface area contributed by atoms with E-state index in [1.165, 1.54) is 0 Å². The first kappa shape index (κ1) is 8.65. The average Bonchev–Trinajstić information content (AvgIpc) is 2.58. The summed E-state index contributed by atoms with van der Waals surface area (Å²) in [5, 5.41) is 3.77. The molecule has 2 N–H and O–H groups in total. The zero-order valence-corrected chi connectivity index (χ0v) is 7.90. The molecule has 5 heteroatoms. The Labute approximate surface area is 76.9 Å². The van der Waals surface area contributed by atoms with E-state index >= 15 is 0 Å². The molecule has 2 rings (SSSR count). The Bertz CT molecular complexity index is 298. The molecule has 0 unspecified atom stereocenters. The van der Waals surface area contributed by atoms with Crippen molar-refractivity contribution in [1.29, 1.82) is 0 Å². The molecule has 0 amide bonds. The Morgan fingerprint density at radius 2 is 2.38 bits per heavy atom. The second-order valence-electron chi connectivity index (χ2n) is 3.63. The molecule has 1 fully saturated rings. The fraction of sp³-hybridized carbons (Fsp3) is 0.750. The van der Waals surface area contributed by atoms with E-state index in [1.807, 2.05) is 14.0 Å². The van der Waals surface area contributed by atoms with E-state index in [-0.39, 0.29) is 12.1 Å². The number of rotatable bonds is 1. The lowest BCUT2D eigenvalue weighted by Crippen LogP contribution is -2.24. The number of nitrogens with two attached hydrogens (primary N) is 1. The molecule has 1 saturated heterocycles. The predicted octanol–water partition coefficient (Wildman–Crippen LogP) is 0.0819. The van der Waals surface area contributed by atoms with E-state index in [4.69, 9.17) is 10.3 Å². The van der Waals surface area contributed by atoms with E-state index in [0.717, 1.165) is 13.0 Å². The van der Waals surface area contributed by atoms with Gasteiger partial charge in [-0.05, 0) is 20.4 Å². The Morgan fingerprint density at radius 3 is 2.85 bits per heavy atom. The van der Waals surface area contributed by atoms with Crippen LogP contribution in [0.4, 0.5) is 0 Å². The van der Waals surface area contributed by atoms with Gasteiger partial charge in [-0.15, -0.1) is 0 Å². The molecular weight excluding hydrogens is 168 g/mol. The lowest BCUT2D eigenvalue weighted by molar-refractivity contribution is 0.244. The Kier molecular flexibility index (Phi) is 2.05. The quantitative estimate of drug-likeness (QED) is 0.666. The molecule has 0 aliphatic carbocycles. The van der Waals surface area contributed by atoms with Crippen LogP contribution in [0, 0.1) is 6.92 Å². The van der Waals surface area contributed by atoms with Gasteiger partial charge in [0.05, 0.1) is 6.04 Å². The van der Waals surface area contributed by atoms with Gasteiger partial charge >= 0.3 is 0 Å². The summed E-state index contributed by atoms with van der Waals surface area (Å²) in [6, 6.07) is 0.429. The van der Waals surface area contributed by atoms with Crippen molar-refractivity contribution in [3.8, 4) is 0 Å². The number of nitrogens with zero attached hydrogens (tertiary/aromatic N) is 3. The summed E-state index contributed by atoms with van der Waals surface area (Å²) < 4.78 is 5.11. The summed E-state index contributed by atoms with van der Waals surface area (Å²) in [7, 11) is 2.02. The zero-order valence-electron chi connectivity index (χ0n) is 7.90. The lowest BCUT2D eigenvalue weighted by atomic mass is 10.2. The first-order valence-corrected chi connectivity index (χ1v) is 4.43. The van der Waals surface area contributed by atoms with Gasteiger partial charge < -0.3 is 10.3 Å². The maximum atomic E-state index is 5.83. The van der Waals surface area contributed by atoms with Gasteiger partial charge in [-0.2, -0.15) is 4.98 Å². The first-order valence-electron chi connectivity index (χ1n) is 4.43.